The van der Waals surface area contributed by atoms with Gasteiger partial charge in [-0.05, 0) is 120 Å². The Kier molecular flexibility index (Phi) is 13.9. The number of aliphatic carboxylic acids is 4. The summed E-state index contributed by atoms with van der Waals surface area (Å²) in [7, 11) is 0. The quantitative estimate of drug-likeness (QED) is 0.201. The molecule has 4 atom stereocenters. The standard InChI is InChI=1S/2C17H29NO5.Ca.2H/c2*1-15(2)9-11(10-16(3,4)18-15)23-17(14(21)22)8-6-5-7-12(17)13(19)20;;;/h2*11-12,18H,5-10H2,1-4H3,(H,19,20)(H,21,22);;;. The second-order valence-corrected chi connectivity index (χ2v) is 16.7. The Hall–Kier alpha value is -1.02. The molecule has 12 nitrogen and oxygen atoms in total. The van der Waals surface area contributed by atoms with Crippen molar-refractivity contribution in [1.82, 2.24) is 10.6 Å². The summed E-state index contributed by atoms with van der Waals surface area (Å²) in [6, 6.07) is 0. The average molecular weight is 697 g/mol. The summed E-state index contributed by atoms with van der Waals surface area (Å²) in [5, 5.41) is 45.7. The molecule has 2 aliphatic carbocycles. The van der Waals surface area contributed by atoms with Gasteiger partial charge in [-0.1, -0.05) is 12.8 Å². The van der Waals surface area contributed by atoms with Gasteiger partial charge >= 0.3 is 61.6 Å². The number of rotatable bonds is 8. The van der Waals surface area contributed by atoms with E-state index in [1.165, 1.54) is 0 Å². The van der Waals surface area contributed by atoms with Crippen molar-refractivity contribution in [3.05, 3.63) is 0 Å². The maximum absolute atomic E-state index is 12.0. The fourth-order valence-electron chi connectivity index (χ4n) is 9.05. The number of ether oxygens (including phenoxy) is 2. The van der Waals surface area contributed by atoms with Gasteiger partial charge in [-0.25, -0.2) is 9.59 Å². The van der Waals surface area contributed by atoms with E-state index in [1.807, 2.05) is 0 Å². The summed E-state index contributed by atoms with van der Waals surface area (Å²) in [6.45, 7) is 16.5. The molecule has 0 aromatic heterocycles. The minimum absolute atomic E-state index is 0. The van der Waals surface area contributed by atoms with Crippen molar-refractivity contribution in [2.45, 2.75) is 178 Å². The van der Waals surface area contributed by atoms with Gasteiger partial charge < -0.3 is 40.5 Å². The van der Waals surface area contributed by atoms with Gasteiger partial charge in [0.05, 0.1) is 24.0 Å². The molecule has 2 saturated carbocycles. The van der Waals surface area contributed by atoms with E-state index in [9.17, 15) is 39.6 Å². The van der Waals surface area contributed by atoms with Gasteiger partial charge in [0.1, 0.15) is 0 Å². The van der Waals surface area contributed by atoms with Crippen LogP contribution in [-0.2, 0) is 28.7 Å². The van der Waals surface area contributed by atoms with E-state index in [0.29, 0.717) is 51.4 Å². The SMILES string of the molecule is CC1(C)CC(OC2(C(=O)O)CCCCC2C(=O)O)CC(C)(C)N1.CC1(C)CC(OC2(C(=O)O)CCCCC2C(=O)O)CC(C)(C)N1.[CaH2]. The van der Waals surface area contributed by atoms with E-state index in [2.05, 4.69) is 66.0 Å². The first-order valence-electron chi connectivity index (χ1n) is 16.8. The molecule has 4 aliphatic rings. The van der Waals surface area contributed by atoms with Crippen molar-refractivity contribution in [2.24, 2.45) is 11.8 Å². The number of carboxylic acids is 4. The van der Waals surface area contributed by atoms with Gasteiger partial charge in [-0.2, -0.15) is 0 Å². The van der Waals surface area contributed by atoms with Crippen molar-refractivity contribution < 1.29 is 49.1 Å². The van der Waals surface area contributed by atoms with E-state index < -0.39 is 46.9 Å². The van der Waals surface area contributed by atoms with Gasteiger partial charge in [-0.15, -0.1) is 0 Å². The molecule has 4 unspecified atom stereocenters. The molecule has 2 heterocycles. The molecule has 4 rings (SSSR count). The van der Waals surface area contributed by atoms with E-state index in [4.69, 9.17) is 9.47 Å². The molecule has 0 spiro atoms. The van der Waals surface area contributed by atoms with Crippen LogP contribution in [0.5, 0.6) is 0 Å². The van der Waals surface area contributed by atoms with Crippen LogP contribution in [0.3, 0.4) is 0 Å². The first kappa shape index (κ1) is 42.1. The molecule has 2 saturated heterocycles. The number of hydrogen-bond acceptors (Lipinski definition) is 8. The number of carbonyl (C=O) groups is 4. The van der Waals surface area contributed by atoms with Crippen LogP contribution in [0.4, 0.5) is 0 Å². The van der Waals surface area contributed by atoms with Gasteiger partial charge in [-0.3, -0.25) is 9.59 Å². The monoisotopic (exact) mass is 696 g/mol. The van der Waals surface area contributed by atoms with Crippen LogP contribution < -0.4 is 10.6 Å². The molecule has 268 valence electrons. The summed E-state index contributed by atoms with van der Waals surface area (Å²) in [6.07, 6.45) is 6.23. The van der Waals surface area contributed by atoms with Crippen molar-refractivity contribution in [3.8, 4) is 0 Å². The Labute approximate surface area is 309 Å². The second kappa shape index (κ2) is 15.5. The van der Waals surface area contributed by atoms with Crippen molar-refractivity contribution in [3.63, 3.8) is 0 Å². The van der Waals surface area contributed by atoms with Crippen LogP contribution in [0.15, 0.2) is 0 Å². The van der Waals surface area contributed by atoms with Gasteiger partial charge in [0.2, 0.25) is 0 Å². The molecule has 0 bridgehead atoms. The van der Waals surface area contributed by atoms with E-state index in [0.717, 1.165) is 12.8 Å². The van der Waals surface area contributed by atoms with Crippen LogP contribution in [0, 0.1) is 11.8 Å². The average Bonchev–Trinajstić information content (AvgIpc) is 2.85. The molecule has 0 aromatic rings. The van der Waals surface area contributed by atoms with E-state index >= 15 is 0 Å². The summed E-state index contributed by atoms with van der Waals surface area (Å²) in [5.74, 6) is -6.37. The molecule has 0 amide bonds. The third kappa shape index (κ3) is 10.5. The van der Waals surface area contributed by atoms with E-state index in [-0.39, 0.29) is 84.9 Å². The molecule has 47 heavy (non-hydrogen) atoms. The van der Waals surface area contributed by atoms with Crippen molar-refractivity contribution in [1.29, 1.82) is 0 Å². The molecule has 0 radical (unpaired) electrons. The second-order valence-electron chi connectivity index (χ2n) is 16.7. The Bertz CT molecular complexity index is 1040. The fourth-order valence-corrected chi connectivity index (χ4v) is 9.05. The molecular weight excluding hydrogens is 636 g/mol. The summed E-state index contributed by atoms with van der Waals surface area (Å²) < 4.78 is 12.2. The zero-order valence-electron chi connectivity index (χ0n) is 29.0. The Morgan fingerprint density at radius 1 is 0.532 bits per heavy atom. The van der Waals surface area contributed by atoms with Crippen molar-refractivity contribution >= 4 is 61.6 Å². The van der Waals surface area contributed by atoms with Crippen LogP contribution >= 0.6 is 0 Å². The van der Waals surface area contributed by atoms with Gasteiger partial charge in [0.25, 0.3) is 0 Å². The number of nitrogens with one attached hydrogen (secondary N) is 2. The maximum atomic E-state index is 12.0. The predicted molar refractivity (Wildman–Crippen MR) is 179 cm³/mol. The first-order chi connectivity index (χ1) is 20.9. The number of piperidine rings is 2. The van der Waals surface area contributed by atoms with E-state index in [1.54, 1.807) is 0 Å². The van der Waals surface area contributed by atoms with Crippen LogP contribution in [0.2, 0.25) is 0 Å². The topological polar surface area (TPSA) is 192 Å². The first-order valence-corrected chi connectivity index (χ1v) is 16.8. The molecule has 2 aliphatic heterocycles. The molecule has 4 fully saturated rings. The molecular formula is C34H60CaN2O10. The normalized spacial score (nSPS) is 33.3. The predicted octanol–water partition coefficient (Wildman–Crippen LogP) is 3.90. The van der Waals surface area contributed by atoms with Gasteiger partial charge in [0.15, 0.2) is 11.2 Å². The van der Waals surface area contributed by atoms with Gasteiger partial charge in [0, 0.05) is 22.2 Å². The Balaban J connectivity index is 0.000000320. The summed E-state index contributed by atoms with van der Waals surface area (Å²) >= 11 is 0. The third-order valence-corrected chi connectivity index (χ3v) is 10.1. The molecule has 0 aromatic carbocycles. The summed E-state index contributed by atoms with van der Waals surface area (Å²) in [5.41, 5.74) is -3.92. The van der Waals surface area contributed by atoms with Crippen LogP contribution in [0.1, 0.15) is 132 Å². The Morgan fingerprint density at radius 3 is 1.04 bits per heavy atom. The minimum atomic E-state index is -1.60. The Morgan fingerprint density at radius 2 is 0.809 bits per heavy atom. The third-order valence-electron chi connectivity index (χ3n) is 10.1. The number of hydrogen-bond donors (Lipinski definition) is 6. The van der Waals surface area contributed by atoms with Crippen LogP contribution in [0.25, 0.3) is 0 Å². The molecule has 6 N–H and O–H groups in total. The van der Waals surface area contributed by atoms with Crippen molar-refractivity contribution in [2.75, 3.05) is 0 Å². The zero-order valence-corrected chi connectivity index (χ0v) is 29.0. The molecule has 13 heteroatoms. The van der Waals surface area contributed by atoms with Crippen LogP contribution in [-0.4, -0.2) is 128 Å². The fraction of sp³-hybridized carbons (Fsp3) is 0.882. The zero-order chi connectivity index (χ0) is 34.9. The summed E-state index contributed by atoms with van der Waals surface area (Å²) in [4.78, 5) is 47.2. The number of carboxylic acid groups (broad SMARTS) is 4.